The number of imide groups is 1. The van der Waals surface area contributed by atoms with Crippen molar-refractivity contribution >= 4 is 50.8 Å². The van der Waals surface area contributed by atoms with Crippen LogP contribution in [0, 0.1) is 11.8 Å². The van der Waals surface area contributed by atoms with E-state index in [1.165, 1.54) is 11.0 Å². The molecule has 1 heterocycles. The monoisotopic (exact) mass is 567 g/mol. The number of hydrogen-bond acceptors (Lipinski definition) is 3. The lowest BCUT2D eigenvalue weighted by atomic mass is 9.55. The highest BCUT2D eigenvalue weighted by molar-refractivity contribution is 9.09. The van der Waals surface area contributed by atoms with Gasteiger partial charge in [0.15, 0.2) is 5.78 Å². The van der Waals surface area contributed by atoms with Crippen LogP contribution >= 0.6 is 27.5 Å². The van der Waals surface area contributed by atoms with Gasteiger partial charge in [-0.05, 0) is 40.5 Å². The normalized spacial score (nSPS) is 25.0. The Bertz CT molecular complexity index is 1600. The number of nitrogens with zero attached hydrogens (tertiary/aromatic N) is 1. The van der Waals surface area contributed by atoms with E-state index in [0.717, 1.165) is 22.3 Å². The van der Waals surface area contributed by atoms with Gasteiger partial charge in [0.05, 0.1) is 21.8 Å². The standard InChI is InChI=1S/C31H19BrClNO3/c32-31-22-12-6-4-10-19(22)25(20-11-5-7-13-23(20)31)26-27(31)30(37)34(29(26)36)24-15-14-18(33)16-21(24)28(35)17-8-2-1-3-9-17/h1-16,25-27H. The van der Waals surface area contributed by atoms with Crippen LogP contribution in [0.4, 0.5) is 5.69 Å². The Kier molecular flexibility index (Phi) is 4.88. The second kappa shape index (κ2) is 7.98. The van der Waals surface area contributed by atoms with E-state index in [1.807, 2.05) is 42.5 Å². The molecule has 2 atom stereocenters. The Hall–Kier alpha value is -3.54. The number of alkyl halides is 1. The minimum atomic E-state index is -0.850. The summed E-state index contributed by atoms with van der Waals surface area (Å²) in [5, 5.41) is 0.358. The number of anilines is 1. The van der Waals surface area contributed by atoms with Crippen molar-refractivity contribution in [3.8, 4) is 0 Å². The molecule has 0 radical (unpaired) electrons. The maximum Gasteiger partial charge on any atom is 0.239 e. The zero-order valence-electron chi connectivity index (χ0n) is 19.4. The van der Waals surface area contributed by atoms with Crippen LogP contribution in [0.1, 0.15) is 44.1 Å². The first-order valence-electron chi connectivity index (χ1n) is 12.1. The summed E-state index contributed by atoms with van der Waals surface area (Å²) in [7, 11) is 0. The molecule has 8 rings (SSSR count). The molecule has 2 unspecified atom stereocenters. The van der Waals surface area contributed by atoms with E-state index in [-0.39, 0.29) is 34.8 Å². The molecule has 1 fully saturated rings. The molecule has 2 amide bonds. The highest BCUT2D eigenvalue weighted by Crippen LogP contribution is 2.66. The maximum atomic E-state index is 14.3. The van der Waals surface area contributed by atoms with Crippen molar-refractivity contribution in [3.63, 3.8) is 0 Å². The minimum Gasteiger partial charge on any atom is -0.289 e. The molecule has 4 nitrogen and oxygen atoms in total. The van der Waals surface area contributed by atoms with Crippen molar-refractivity contribution in [1.82, 2.24) is 0 Å². The van der Waals surface area contributed by atoms with Crippen LogP contribution in [0.15, 0.2) is 97.1 Å². The molecule has 0 spiro atoms. The average Bonchev–Trinajstić information content (AvgIpc) is 3.20. The average molecular weight is 569 g/mol. The van der Waals surface area contributed by atoms with Gasteiger partial charge in [0, 0.05) is 22.1 Å². The third-order valence-electron chi connectivity index (χ3n) is 7.99. The largest absolute Gasteiger partial charge is 0.289 e. The third-order valence-corrected chi connectivity index (χ3v) is 9.58. The van der Waals surface area contributed by atoms with Gasteiger partial charge in [0.25, 0.3) is 0 Å². The second-order valence-electron chi connectivity index (χ2n) is 9.74. The van der Waals surface area contributed by atoms with Gasteiger partial charge in [-0.2, -0.15) is 0 Å². The van der Waals surface area contributed by atoms with E-state index < -0.39 is 16.2 Å². The van der Waals surface area contributed by atoms with Crippen LogP contribution in [0.5, 0.6) is 0 Å². The summed E-state index contributed by atoms with van der Waals surface area (Å²) < 4.78 is -0.850. The summed E-state index contributed by atoms with van der Waals surface area (Å²) in [6.45, 7) is 0. The highest BCUT2D eigenvalue weighted by atomic mass is 79.9. The molecule has 0 N–H and O–H groups in total. The summed E-state index contributed by atoms with van der Waals surface area (Å²) in [5.41, 5.74) is 5.09. The summed E-state index contributed by atoms with van der Waals surface area (Å²) >= 11 is 10.3. The van der Waals surface area contributed by atoms with Crippen molar-refractivity contribution in [2.45, 2.75) is 10.2 Å². The summed E-state index contributed by atoms with van der Waals surface area (Å²) in [5.74, 6) is -2.39. The number of carbonyl (C=O) groups is 3. The molecule has 0 aromatic heterocycles. The molecule has 3 aliphatic carbocycles. The van der Waals surface area contributed by atoms with Crippen LogP contribution in [0.3, 0.4) is 0 Å². The lowest BCUT2D eigenvalue weighted by Gasteiger charge is -2.51. The fourth-order valence-corrected chi connectivity index (χ4v) is 7.92. The van der Waals surface area contributed by atoms with E-state index in [9.17, 15) is 14.4 Å². The van der Waals surface area contributed by atoms with Crippen molar-refractivity contribution < 1.29 is 14.4 Å². The summed E-state index contributed by atoms with van der Waals surface area (Å²) in [4.78, 5) is 43.3. The number of ketones is 1. The number of halogens is 2. The van der Waals surface area contributed by atoms with Gasteiger partial charge in [-0.3, -0.25) is 14.4 Å². The Morgan fingerprint density at radius 1 is 0.784 bits per heavy atom. The van der Waals surface area contributed by atoms with Gasteiger partial charge in [0.2, 0.25) is 11.8 Å². The minimum absolute atomic E-state index is 0.227. The number of carbonyl (C=O) groups excluding carboxylic acids is 3. The van der Waals surface area contributed by atoms with Gasteiger partial charge >= 0.3 is 0 Å². The highest BCUT2D eigenvalue weighted by Gasteiger charge is 2.67. The zero-order chi connectivity index (χ0) is 25.5. The van der Waals surface area contributed by atoms with Crippen LogP contribution in [-0.4, -0.2) is 17.6 Å². The third kappa shape index (κ3) is 2.93. The molecule has 1 saturated heterocycles. The van der Waals surface area contributed by atoms with E-state index in [1.54, 1.807) is 36.4 Å². The molecule has 1 aliphatic heterocycles. The maximum absolute atomic E-state index is 14.3. The van der Waals surface area contributed by atoms with Crippen molar-refractivity contribution in [2.75, 3.05) is 4.90 Å². The van der Waals surface area contributed by atoms with Crippen molar-refractivity contribution in [2.24, 2.45) is 11.8 Å². The van der Waals surface area contributed by atoms with Gasteiger partial charge in [0.1, 0.15) is 0 Å². The smallest absolute Gasteiger partial charge is 0.239 e. The van der Waals surface area contributed by atoms with Gasteiger partial charge < -0.3 is 0 Å². The van der Waals surface area contributed by atoms with E-state index >= 15 is 0 Å². The fraction of sp³-hybridized carbons (Fsp3) is 0.129. The first-order chi connectivity index (χ1) is 17.9. The Morgan fingerprint density at radius 2 is 1.38 bits per heavy atom. The van der Waals surface area contributed by atoms with E-state index in [0.29, 0.717) is 10.6 Å². The number of hydrogen-bond donors (Lipinski definition) is 0. The van der Waals surface area contributed by atoms with Gasteiger partial charge in [-0.15, -0.1) is 0 Å². The second-order valence-corrected chi connectivity index (χ2v) is 11.4. The Labute approximate surface area is 227 Å². The molecule has 37 heavy (non-hydrogen) atoms. The number of benzene rings is 4. The summed E-state index contributed by atoms with van der Waals surface area (Å²) in [6, 6.07) is 29.6. The molecule has 180 valence electrons. The number of rotatable bonds is 3. The molecule has 2 bridgehead atoms. The SMILES string of the molecule is O=C(c1ccccc1)c1cc(Cl)ccc1N1C(=O)C2C3c4ccccc4C(Br)(c4ccccc43)C2C1=O. The van der Waals surface area contributed by atoms with E-state index in [4.69, 9.17) is 11.6 Å². The zero-order valence-corrected chi connectivity index (χ0v) is 21.7. The van der Waals surface area contributed by atoms with Gasteiger partial charge in [-0.25, -0.2) is 4.90 Å². The van der Waals surface area contributed by atoms with Crippen LogP contribution in [0.2, 0.25) is 5.02 Å². The Morgan fingerprint density at radius 3 is 2.03 bits per heavy atom. The van der Waals surface area contributed by atoms with Crippen molar-refractivity contribution in [3.05, 3.63) is 135 Å². The summed E-state index contributed by atoms with van der Waals surface area (Å²) in [6.07, 6.45) is 0. The van der Waals surface area contributed by atoms with Crippen LogP contribution < -0.4 is 4.90 Å². The molecular formula is C31H19BrClNO3. The van der Waals surface area contributed by atoms with Crippen LogP contribution in [0.25, 0.3) is 0 Å². The lowest BCUT2D eigenvalue weighted by Crippen LogP contribution is -2.50. The fourth-order valence-electron chi connectivity index (χ4n) is 6.55. The predicted molar refractivity (Wildman–Crippen MR) is 145 cm³/mol. The molecule has 6 heteroatoms. The molecule has 4 aromatic rings. The first kappa shape index (κ1) is 22.6. The lowest BCUT2D eigenvalue weighted by molar-refractivity contribution is -0.122. The van der Waals surface area contributed by atoms with E-state index in [2.05, 4.69) is 28.1 Å². The molecule has 4 aromatic carbocycles. The molecule has 4 aliphatic rings. The van der Waals surface area contributed by atoms with Crippen LogP contribution in [-0.2, 0) is 13.9 Å². The van der Waals surface area contributed by atoms with Crippen molar-refractivity contribution in [1.29, 1.82) is 0 Å². The quantitative estimate of drug-likeness (QED) is 0.162. The Balaban J connectivity index is 1.42. The molecule has 0 saturated carbocycles. The first-order valence-corrected chi connectivity index (χ1v) is 13.2. The topological polar surface area (TPSA) is 54.5 Å². The number of amides is 2. The molecular weight excluding hydrogens is 550 g/mol. The van der Waals surface area contributed by atoms with Gasteiger partial charge in [-0.1, -0.05) is 106 Å². The predicted octanol–water partition coefficient (Wildman–Crippen LogP) is 6.47.